The second-order valence-corrected chi connectivity index (χ2v) is 4.65. The molecular formula is C12H14N4O2S. The van der Waals surface area contributed by atoms with E-state index in [-0.39, 0.29) is 5.69 Å². The van der Waals surface area contributed by atoms with Crippen molar-refractivity contribution < 1.29 is 4.92 Å². The maximum Gasteiger partial charge on any atom is 0.269 e. The van der Waals surface area contributed by atoms with Crippen molar-refractivity contribution in [2.75, 3.05) is 0 Å². The molecule has 0 aliphatic rings. The van der Waals surface area contributed by atoms with E-state index in [9.17, 15) is 10.1 Å². The molecule has 0 bridgehead atoms. The second-order valence-electron chi connectivity index (χ2n) is 4.26. The molecule has 1 aromatic carbocycles. The highest BCUT2D eigenvalue weighted by molar-refractivity contribution is 7.71. The number of benzene rings is 1. The molecule has 0 radical (unpaired) electrons. The molecule has 19 heavy (non-hydrogen) atoms. The molecule has 0 unspecified atom stereocenters. The van der Waals surface area contributed by atoms with E-state index in [2.05, 4.69) is 17.1 Å². The van der Waals surface area contributed by atoms with Gasteiger partial charge < -0.3 is 4.57 Å². The Bertz CT molecular complexity index is 675. The van der Waals surface area contributed by atoms with Crippen molar-refractivity contribution in [2.45, 2.75) is 26.8 Å². The summed E-state index contributed by atoms with van der Waals surface area (Å²) in [6.45, 7) is 4.65. The molecule has 1 aromatic heterocycles. The third-order valence-electron chi connectivity index (χ3n) is 2.87. The van der Waals surface area contributed by atoms with Crippen molar-refractivity contribution in [3.8, 4) is 11.4 Å². The third kappa shape index (κ3) is 2.55. The van der Waals surface area contributed by atoms with Crippen molar-refractivity contribution in [1.82, 2.24) is 14.8 Å². The van der Waals surface area contributed by atoms with E-state index in [1.54, 1.807) is 12.1 Å². The van der Waals surface area contributed by atoms with Gasteiger partial charge in [-0.05, 0) is 37.2 Å². The molecule has 7 heteroatoms. The van der Waals surface area contributed by atoms with Crippen LogP contribution in [0.5, 0.6) is 0 Å². The maximum atomic E-state index is 10.7. The molecule has 2 rings (SSSR count). The standard InChI is InChI=1S/C12H14N4O2S/c1-3-6-15-11(13-14-12(15)19)10-5-4-9(16(17)18)7-8(10)2/h4-5,7H,3,6H2,1-2H3,(H,14,19). The molecule has 0 aliphatic carbocycles. The number of nitrogens with zero attached hydrogens (tertiary/aromatic N) is 3. The van der Waals surface area contributed by atoms with Crippen molar-refractivity contribution in [3.63, 3.8) is 0 Å². The summed E-state index contributed by atoms with van der Waals surface area (Å²) in [6.07, 6.45) is 0.937. The number of nitro groups is 1. The molecule has 0 saturated carbocycles. The van der Waals surface area contributed by atoms with Gasteiger partial charge >= 0.3 is 0 Å². The summed E-state index contributed by atoms with van der Waals surface area (Å²) >= 11 is 5.19. The summed E-state index contributed by atoms with van der Waals surface area (Å²) in [5, 5.41) is 17.7. The van der Waals surface area contributed by atoms with Crippen LogP contribution in [-0.2, 0) is 6.54 Å². The van der Waals surface area contributed by atoms with Gasteiger partial charge in [0.2, 0.25) is 0 Å². The Morgan fingerprint density at radius 3 is 2.84 bits per heavy atom. The van der Waals surface area contributed by atoms with Crippen LogP contribution in [0.25, 0.3) is 11.4 Å². The number of hydrogen-bond donors (Lipinski definition) is 1. The molecule has 0 saturated heterocycles. The highest BCUT2D eigenvalue weighted by Crippen LogP contribution is 2.25. The van der Waals surface area contributed by atoms with Crippen LogP contribution in [0.1, 0.15) is 18.9 Å². The minimum absolute atomic E-state index is 0.0809. The van der Waals surface area contributed by atoms with Crippen molar-refractivity contribution in [1.29, 1.82) is 0 Å². The Morgan fingerprint density at radius 1 is 1.53 bits per heavy atom. The lowest BCUT2D eigenvalue weighted by atomic mass is 10.1. The summed E-state index contributed by atoms with van der Waals surface area (Å²) in [4.78, 5) is 10.3. The molecule has 0 amide bonds. The zero-order valence-electron chi connectivity index (χ0n) is 10.7. The van der Waals surface area contributed by atoms with Crippen LogP contribution in [0.15, 0.2) is 18.2 Å². The lowest BCUT2D eigenvalue weighted by Crippen LogP contribution is -2.01. The highest BCUT2D eigenvalue weighted by Gasteiger charge is 2.14. The van der Waals surface area contributed by atoms with Crippen LogP contribution in [0.2, 0.25) is 0 Å². The Balaban J connectivity index is 2.53. The monoisotopic (exact) mass is 278 g/mol. The Labute approximate surface area is 115 Å². The zero-order valence-corrected chi connectivity index (χ0v) is 11.5. The fourth-order valence-corrected chi connectivity index (χ4v) is 2.19. The van der Waals surface area contributed by atoms with E-state index < -0.39 is 4.92 Å². The molecule has 1 heterocycles. The Morgan fingerprint density at radius 2 is 2.26 bits per heavy atom. The first kappa shape index (κ1) is 13.4. The minimum atomic E-state index is -0.403. The SMILES string of the molecule is CCCn1c(-c2ccc([N+](=O)[O-])cc2C)n[nH]c1=S. The molecule has 100 valence electrons. The van der Waals surface area contributed by atoms with Crippen LogP contribution in [-0.4, -0.2) is 19.7 Å². The van der Waals surface area contributed by atoms with E-state index in [1.165, 1.54) is 6.07 Å². The fourth-order valence-electron chi connectivity index (χ4n) is 1.97. The average Bonchev–Trinajstić information content (AvgIpc) is 2.72. The summed E-state index contributed by atoms with van der Waals surface area (Å²) in [5.74, 6) is 0.722. The smallest absolute Gasteiger partial charge is 0.269 e. The van der Waals surface area contributed by atoms with Gasteiger partial charge in [0.15, 0.2) is 10.6 Å². The van der Waals surface area contributed by atoms with Gasteiger partial charge in [0, 0.05) is 24.2 Å². The maximum absolute atomic E-state index is 10.7. The minimum Gasteiger partial charge on any atom is -0.300 e. The first-order chi connectivity index (χ1) is 9.04. The van der Waals surface area contributed by atoms with Gasteiger partial charge in [0.1, 0.15) is 0 Å². The van der Waals surface area contributed by atoms with Gasteiger partial charge in [-0.25, -0.2) is 0 Å². The second kappa shape index (κ2) is 5.31. The fraction of sp³-hybridized carbons (Fsp3) is 0.333. The van der Waals surface area contributed by atoms with E-state index in [4.69, 9.17) is 12.2 Å². The number of H-pyrrole nitrogens is 1. The first-order valence-electron chi connectivity index (χ1n) is 5.95. The third-order valence-corrected chi connectivity index (χ3v) is 3.18. The van der Waals surface area contributed by atoms with Crippen LogP contribution in [0.3, 0.4) is 0 Å². The lowest BCUT2D eigenvalue weighted by Gasteiger charge is -2.07. The molecule has 1 N–H and O–H groups in total. The summed E-state index contributed by atoms with van der Waals surface area (Å²) in [6, 6.07) is 4.74. The molecule has 6 nitrogen and oxygen atoms in total. The normalized spacial score (nSPS) is 10.6. The molecule has 0 fully saturated rings. The molecule has 0 spiro atoms. The Hall–Kier alpha value is -2.02. The van der Waals surface area contributed by atoms with Gasteiger partial charge in [0.25, 0.3) is 5.69 Å². The summed E-state index contributed by atoms with van der Waals surface area (Å²) in [5.41, 5.74) is 1.74. The van der Waals surface area contributed by atoms with E-state index in [1.807, 2.05) is 11.5 Å². The van der Waals surface area contributed by atoms with Gasteiger partial charge in [-0.15, -0.1) is 0 Å². The number of aryl methyl sites for hydroxylation is 1. The molecule has 2 aromatic rings. The summed E-state index contributed by atoms with van der Waals surface area (Å²) < 4.78 is 2.47. The number of non-ortho nitro benzene ring substituents is 1. The quantitative estimate of drug-likeness (QED) is 0.529. The van der Waals surface area contributed by atoms with E-state index in [0.29, 0.717) is 4.77 Å². The molecule has 0 aliphatic heterocycles. The number of rotatable bonds is 4. The van der Waals surface area contributed by atoms with Crippen molar-refractivity contribution >= 4 is 17.9 Å². The lowest BCUT2D eigenvalue weighted by molar-refractivity contribution is -0.384. The van der Waals surface area contributed by atoms with Crippen molar-refractivity contribution in [2.24, 2.45) is 0 Å². The molecule has 0 atom stereocenters. The van der Waals surface area contributed by atoms with E-state index in [0.717, 1.165) is 29.9 Å². The van der Waals surface area contributed by atoms with Crippen LogP contribution < -0.4 is 0 Å². The predicted molar refractivity (Wildman–Crippen MR) is 74.5 cm³/mol. The number of hydrogen-bond acceptors (Lipinski definition) is 4. The number of aromatic amines is 1. The van der Waals surface area contributed by atoms with Gasteiger partial charge in [-0.2, -0.15) is 5.10 Å². The summed E-state index contributed by atoms with van der Waals surface area (Å²) in [7, 11) is 0. The zero-order chi connectivity index (χ0) is 14.0. The van der Waals surface area contributed by atoms with Gasteiger partial charge in [0.05, 0.1) is 4.92 Å². The topological polar surface area (TPSA) is 76.8 Å². The van der Waals surface area contributed by atoms with Gasteiger partial charge in [-0.3, -0.25) is 15.2 Å². The van der Waals surface area contributed by atoms with Crippen LogP contribution >= 0.6 is 12.2 Å². The molecular weight excluding hydrogens is 264 g/mol. The van der Waals surface area contributed by atoms with Crippen LogP contribution in [0.4, 0.5) is 5.69 Å². The van der Waals surface area contributed by atoms with E-state index >= 15 is 0 Å². The van der Waals surface area contributed by atoms with Crippen LogP contribution in [0, 0.1) is 21.8 Å². The highest BCUT2D eigenvalue weighted by atomic mass is 32.1. The first-order valence-corrected chi connectivity index (χ1v) is 6.36. The largest absolute Gasteiger partial charge is 0.300 e. The van der Waals surface area contributed by atoms with Crippen molar-refractivity contribution in [3.05, 3.63) is 38.6 Å². The Kier molecular flexibility index (Phi) is 3.75. The number of aromatic nitrogens is 3. The number of nitro benzene ring substituents is 1. The predicted octanol–water partition coefficient (Wildman–Crippen LogP) is 3.23. The average molecular weight is 278 g/mol. The number of nitrogens with one attached hydrogen (secondary N) is 1. The van der Waals surface area contributed by atoms with Gasteiger partial charge in [-0.1, -0.05) is 6.92 Å².